The number of amides is 1. The Hall–Kier alpha value is -2.54. The smallest absolute Gasteiger partial charge is 0.253 e. The Balaban J connectivity index is 2.06. The molecule has 0 aliphatic carbocycles. The number of hydrogen-bond donors (Lipinski definition) is 3. The molecule has 1 heterocycles. The highest BCUT2D eigenvalue weighted by Crippen LogP contribution is 2.39. The Morgan fingerprint density at radius 2 is 1.75 bits per heavy atom. The Bertz CT molecular complexity index is 1110. The van der Waals surface area contributed by atoms with E-state index in [2.05, 4.69) is 5.32 Å². The van der Waals surface area contributed by atoms with Gasteiger partial charge >= 0.3 is 0 Å². The first-order chi connectivity index (χ1) is 13.2. The van der Waals surface area contributed by atoms with E-state index in [1.165, 1.54) is 12.1 Å². The maximum absolute atomic E-state index is 12.9. The molecule has 5 nitrogen and oxygen atoms in total. The topological polar surface area (TPSA) is 98.2 Å². The number of nitrogen functional groups attached to an aromatic ring is 1. The third-order valence-electron chi connectivity index (χ3n) is 4.21. The molecule has 8 heteroatoms. The minimum absolute atomic E-state index is 0.0424. The monoisotopic (exact) mass is 433 g/mol. The van der Waals surface area contributed by atoms with Crippen molar-refractivity contribution in [2.75, 3.05) is 11.1 Å². The minimum atomic E-state index is -0.714. The number of carbonyl (C=O) groups excluding carboxylic acids is 2. The predicted octanol–water partition coefficient (Wildman–Crippen LogP) is 5.33. The number of aryl methyl sites for hydroxylation is 2. The summed E-state index contributed by atoms with van der Waals surface area (Å²) >= 11 is 13.0. The van der Waals surface area contributed by atoms with Crippen LogP contribution in [0.2, 0.25) is 10.0 Å². The summed E-state index contributed by atoms with van der Waals surface area (Å²) in [5.41, 5.74) is 15.0. The third kappa shape index (κ3) is 3.85. The second-order valence-electron chi connectivity index (χ2n) is 6.31. The van der Waals surface area contributed by atoms with Gasteiger partial charge in [-0.1, -0.05) is 40.9 Å². The van der Waals surface area contributed by atoms with Gasteiger partial charge in [0.25, 0.3) is 5.91 Å². The zero-order chi connectivity index (χ0) is 20.6. The van der Waals surface area contributed by atoms with Gasteiger partial charge in [-0.15, -0.1) is 11.3 Å². The molecule has 0 atom stereocenters. The van der Waals surface area contributed by atoms with Crippen molar-refractivity contribution in [2.24, 2.45) is 5.73 Å². The lowest BCUT2D eigenvalue weighted by molar-refractivity contribution is 0.100. The van der Waals surface area contributed by atoms with Gasteiger partial charge in [0.1, 0.15) is 9.88 Å². The predicted molar refractivity (Wildman–Crippen MR) is 116 cm³/mol. The van der Waals surface area contributed by atoms with Crippen LogP contribution in [0.1, 0.15) is 36.7 Å². The summed E-state index contributed by atoms with van der Waals surface area (Å²) in [6, 6.07) is 10.4. The van der Waals surface area contributed by atoms with Crippen LogP contribution in [0.15, 0.2) is 36.4 Å². The molecule has 0 spiro atoms. The largest absolute Gasteiger partial charge is 0.397 e. The molecular formula is C20H17Cl2N3O2S. The van der Waals surface area contributed by atoms with E-state index in [1.807, 2.05) is 32.0 Å². The number of ketones is 1. The van der Waals surface area contributed by atoms with Gasteiger partial charge in [0.05, 0.1) is 21.3 Å². The van der Waals surface area contributed by atoms with E-state index in [1.54, 1.807) is 6.07 Å². The van der Waals surface area contributed by atoms with Crippen LogP contribution in [0, 0.1) is 13.8 Å². The molecule has 3 aromatic rings. The van der Waals surface area contributed by atoms with Crippen molar-refractivity contribution in [2.45, 2.75) is 13.8 Å². The SMILES string of the molecule is Cc1ccc(Nc2sc(C(=O)c3ccc(Cl)c(Cl)c3)c(N)c2C(N)=O)c(C)c1. The van der Waals surface area contributed by atoms with E-state index < -0.39 is 5.91 Å². The molecule has 1 amide bonds. The number of thiophene rings is 1. The molecule has 0 aliphatic rings. The molecule has 3 rings (SSSR count). The van der Waals surface area contributed by atoms with Crippen LogP contribution in [0.3, 0.4) is 0 Å². The minimum Gasteiger partial charge on any atom is -0.397 e. The van der Waals surface area contributed by atoms with Crippen molar-refractivity contribution in [3.8, 4) is 0 Å². The maximum Gasteiger partial charge on any atom is 0.253 e. The van der Waals surface area contributed by atoms with Gasteiger partial charge < -0.3 is 16.8 Å². The molecule has 0 aliphatic heterocycles. The second-order valence-corrected chi connectivity index (χ2v) is 8.15. The van der Waals surface area contributed by atoms with Crippen molar-refractivity contribution in [3.63, 3.8) is 0 Å². The van der Waals surface area contributed by atoms with Crippen LogP contribution < -0.4 is 16.8 Å². The van der Waals surface area contributed by atoms with Crippen molar-refractivity contribution >= 4 is 62.6 Å². The van der Waals surface area contributed by atoms with Gasteiger partial charge in [-0.25, -0.2) is 0 Å². The number of primary amides is 1. The standard InChI is InChI=1S/C20H17Cl2N3O2S/c1-9-3-6-14(10(2)7-9)25-20-15(19(24)27)16(23)18(28-20)17(26)11-4-5-12(21)13(22)8-11/h3-8,25H,23H2,1-2H3,(H2,24,27). The summed E-state index contributed by atoms with van der Waals surface area (Å²) in [7, 11) is 0. The molecule has 0 unspecified atom stereocenters. The van der Waals surface area contributed by atoms with Crippen molar-refractivity contribution < 1.29 is 9.59 Å². The summed E-state index contributed by atoms with van der Waals surface area (Å²) in [6.45, 7) is 3.93. The Labute approximate surface area is 176 Å². The van der Waals surface area contributed by atoms with Gasteiger partial charge in [-0.3, -0.25) is 9.59 Å². The van der Waals surface area contributed by atoms with Gasteiger partial charge in [-0.05, 0) is 43.7 Å². The van der Waals surface area contributed by atoms with E-state index in [0.29, 0.717) is 15.6 Å². The fourth-order valence-corrected chi connectivity index (χ4v) is 4.19. The molecule has 5 N–H and O–H groups in total. The average molecular weight is 434 g/mol. The first-order valence-corrected chi connectivity index (χ1v) is 9.82. The normalized spacial score (nSPS) is 10.7. The lowest BCUT2D eigenvalue weighted by atomic mass is 10.1. The van der Waals surface area contributed by atoms with Crippen LogP contribution in [0.4, 0.5) is 16.4 Å². The number of carbonyl (C=O) groups is 2. The van der Waals surface area contributed by atoms with E-state index in [-0.39, 0.29) is 26.9 Å². The number of benzene rings is 2. The fourth-order valence-electron chi connectivity index (χ4n) is 2.79. The van der Waals surface area contributed by atoms with Crippen molar-refractivity contribution in [1.29, 1.82) is 0 Å². The van der Waals surface area contributed by atoms with Crippen LogP contribution in [-0.2, 0) is 0 Å². The quantitative estimate of drug-likeness (QED) is 0.473. The van der Waals surface area contributed by atoms with Crippen LogP contribution in [0.5, 0.6) is 0 Å². The van der Waals surface area contributed by atoms with Gasteiger partial charge in [0.15, 0.2) is 0 Å². The van der Waals surface area contributed by atoms with Crippen molar-refractivity contribution in [3.05, 3.63) is 73.6 Å². The number of nitrogens with two attached hydrogens (primary N) is 2. The number of hydrogen-bond acceptors (Lipinski definition) is 5. The highest BCUT2D eigenvalue weighted by atomic mass is 35.5. The highest BCUT2D eigenvalue weighted by molar-refractivity contribution is 7.19. The number of nitrogens with one attached hydrogen (secondary N) is 1. The van der Waals surface area contributed by atoms with Gasteiger partial charge in [0, 0.05) is 11.3 Å². The van der Waals surface area contributed by atoms with Gasteiger partial charge in [0.2, 0.25) is 5.78 Å². The molecule has 0 fully saturated rings. The van der Waals surface area contributed by atoms with Crippen molar-refractivity contribution in [1.82, 2.24) is 0 Å². The molecule has 2 aromatic carbocycles. The third-order valence-corrected chi connectivity index (χ3v) is 6.07. The molecule has 144 valence electrons. The number of anilines is 3. The highest BCUT2D eigenvalue weighted by Gasteiger charge is 2.25. The van der Waals surface area contributed by atoms with Gasteiger partial charge in [-0.2, -0.15) is 0 Å². The van der Waals surface area contributed by atoms with E-state index in [0.717, 1.165) is 28.2 Å². The molecule has 28 heavy (non-hydrogen) atoms. The Morgan fingerprint density at radius 1 is 1.04 bits per heavy atom. The molecule has 0 radical (unpaired) electrons. The molecule has 0 bridgehead atoms. The molecule has 0 saturated heterocycles. The summed E-state index contributed by atoms with van der Waals surface area (Å²) < 4.78 is 0. The Morgan fingerprint density at radius 3 is 2.36 bits per heavy atom. The number of rotatable bonds is 5. The summed E-state index contributed by atoms with van der Waals surface area (Å²) in [5, 5.41) is 4.19. The number of halogens is 2. The van der Waals surface area contributed by atoms with E-state index in [4.69, 9.17) is 34.7 Å². The first-order valence-electron chi connectivity index (χ1n) is 8.25. The lowest BCUT2D eigenvalue weighted by Crippen LogP contribution is -2.14. The Kier molecular flexibility index (Phi) is 5.65. The van der Waals surface area contributed by atoms with E-state index in [9.17, 15) is 9.59 Å². The zero-order valence-electron chi connectivity index (χ0n) is 15.1. The zero-order valence-corrected chi connectivity index (χ0v) is 17.4. The first kappa shape index (κ1) is 20.2. The summed E-state index contributed by atoms with van der Waals surface area (Å²) in [5.74, 6) is -1.08. The lowest BCUT2D eigenvalue weighted by Gasteiger charge is -2.09. The summed E-state index contributed by atoms with van der Waals surface area (Å²) in [6.07, 6.45) is 0. The van der Waals surface area contributed by atoms with Crippen LogP contribution in [0.25, 0.3) is 0 Å². The molecule has 1 aromatic heterocycles. The molecule has 0 saturated carbocycles. The maximum atomic E-state index is 12.9. The van der Waals surface area contributed by atoms with E-state index >= 15 is 0 Å². The summed E-state index contributed by atoms with van der Waals surface area (Å²) in [4.78, 5) is 25.1. The van der Waals surface area contributed by atoms with Crippen LogP contribution >= 0.6 is 34.5 Å². The van der Waals surface area contributed by atoms with Crippen LogP contribution in [-0.4, -0.2) is 11.7 Å². The second kappa shape index (κ2) is 7.83. The average Bonchev–Trinajstić information content (AvgIpc) is 2.95. The molecular weight excluding hydrogens is 417 g/mol. The fraction of sp³-hybridized carbons (Fsp3) is 0.100.